The molecule has 6 heterocycles. The van der Waals surface area contributed by atoms with E-state index in [2.05, 4.69) is 28.4 Å². The number of hydrogen-bond acceptors (Lipinski definition) is 9. The Bertz CT molecular complexity index is 2060. The highest BCUT2D eigenvalue weighted by atomic mass is 35.5. The summed E-state index contributed by atoms with van der Waals surface area (Å²) in [6.45, 7) is 10.1. The number of nitrogen functional groups attached to an aromatic ring is 1. The number of carbonyl (C=O) groups excluding carboxylic acids is 1. The average Bonchev–Trinajstić information content (AvgIpc) is 3.69. The summed E-state index contributed by atoms with van der Waals surface area (Å²) in [4.78, 5) is 28.4. The molecule has 0 saturated carbocycles. The molecule has 1 amide bonds. The molecule has 3 atom stereocenters. The second-order valence-corrected chi connectivity index (χ2v) is 14.9. The minimum atomic E-state index is -4.95. The standard InChI is InChI=1S/C37H41ClF4N8O3/c1-6-8-22-13-24(43)31(39)28(29(22)37(40,41)42)27-14-25-23(18-52-27)33(45-35(44-25)53-19-36-10-7-11-48(36)16-20(2)15-36)49-17-26-30(38)32(34(51)47(4)5)46-50(26)12-9-21(49)3/h13,21,27H,2,7,9-12,14-19,43H2,1,3-5H3/t21-,27+,36-/m0/s1. The van der Waals surface area contributed by atoms with E-state index in [9.17, 15) is 18.0 Å². The second kappa shape index (κ2) is 13.8. The molecule has 4 aliphatic heterocycles. The van der Waals surface area contributed by atoms with Crippen LogP contribution in [0.15, 0.2) is 18.2 Å². The monoisotopic (exact) mass is 756 g/mol. The van der Waals surface area contributed by atoms with Crippen LogP contribution in [0.1, 0.15) is 89.8 Å². The van der Waals surface area contributed by atoms with Crippen molar-refractivity contribution in [1.29, 1.82) is 0 Å². The van der Waals surface area contributed by atoms with Crippen LogP contribution in [0.5, 0.6) is 6.01 Å². The van der Waals surface area contributed by atoms with Gasteiger partial charge in [-0.15, -0.1) is 5.92 Å². The number of benzene rings is 1. The van der Waals surface area contributed by atoms with Crippen molar-refractivity contribution in [3.8, 4) is 17.9 Å². The molecule has 16 heteroatoms. The smallest absolute Gasteiger partial charge is 0.418 e. The molecule has 0 aliphatic carbocycles. The van der Waals surface area contributed by atoms with Gasteiger partial charge in [-0.3, -0.25) is 14.4 Å². The summed E-state index contributed by atoms with van der Waals surface area (Å²) in [5.74, 6) is 3.80. The van der Waals surface area contributed by atoms with Gasteiger partial charge in [-0.2, -0.15) is 28.2 Å². The van der Waals surface area contributed by atoms with E-state index in [1.807, 2.05) is 11.8 Å². The van der Waals surface area contributed by atoms with Gasteiger partial charge in [-0.1, -0.05) is 29.7 Å². The number of aryl methyl sites for hydroxylation is 1. The zero-order chi connectivity index (χ0) is 38.0. The molecule has 0 unspecified atom stereocenters. The first-order chi connectivity index (χ1) is 25.1. The molecule has 3 aromatic rings. The van der Waals surface area contributed by atoms with Crippen LogP contribution in [-0.2, 0) is 37.0 Å². The minimum absolute atomic E-state index is 0.0410. The van der Waals surface area contributed by atoms with E-state index in [-0.39, 0.29) is 60.4 Å². The summed E-state index contributed by atoms with van der Waals surface area (Å²) in [5.41, 5.74) is 5.55. The maximum atomic E-state index is 15.8. The largest absolute Gasteiger partial charge is 0.461 e. The number of fused-ring (bicyclic) bond motifs is 3. The van der Waals surface area contributed by atoms with E-state index >= 15 is 4.39 Å². The van der Waals surface area contributed by atoms with Gasteiger partial charge in [0, 0.05) is 56.3 Å². The van der Waals surface area contributed by atoms with Crippen LogP contribution in [0.2, 0.25) is 5.02 Å². The molecule has 4 aliphatic rings. The number of nitrogens with two attached hydrogens (primary N) is 1. The Morgan fingerprint density at radius 1 is 1.26 bits per heavy atom. The maximum absolute atomic E-state index is 15.8. The van der Waals surface area contributed by atoms with Crippen LogP contribution in [-0.4, -0.2) is 80.8 Å². The molecule has 2 saturated heterocycles. The molecular formula is C37H41ClF4N8O3. The number of nitrogens with zero attached hydrogens (tertiary/aromatic N) is 7. The fourth-order valence-electron chi connectivity index (χ4n) is 8.13. The van der Waals surface area contributed by atoms with Crippen molar-refractivity contribution in [2.24, 2.45) is 0 Å². The summed E-state index contributed by atoms with van der Waals surface area (Å²) < 4.78 is 74.0. The Morgan fingerprint density at radius 2 is 2.04 bits per heavy atom. The molecule has 7 rings (SSSR count). The molecule has 2 fully saturated rings. The predicted octanol–water partition coefficient (Wildman–Crippen LogP) is 5.93. The molecular weight excluding hydrogens is 716 g/mol. The first-order valence-corrected chi connectivity index (χ1v) is 17.9. The van der Waals surface area contributed by atoms with Crippen molar-refractivity contribution in [2.45, 2.75) is 89.5 Å². The molecule has 282 valence electrons. The molecule has 0 spiro atoms. The van der Waals surface area contributed by atoms with Gasteiger partial charge < -0.3 is 25.0 Å². The number of rotatable bonds is 6. The van der Waals surface area contributed by atoms with Crippen molar-refractivity contribution in [1.82, 2.24) is 29.5 Å². The molecule has 11 nitrogen and oxygen atoms in total. The number of anilines is 2. The molecule has 2 aromatic heterocycles. The average molecular weight is 757 g/mol. The first kappa shape index (κ1) is 36.9. The van der Waals surface area contributed by atoms with Crippen molar-refractivity contribution in [3.63, 3.8) is 0 Å². The number of hydrogen-bond donors (Lipinski definition) is 1. The van der Waals surface area contributed by atoms with Gasteiger partial charge in [0.15, 0.2) is 11.5 Å². The molecule has 0 radical (unpaired) electrons. The Balaban J connectivity index is 1.32. The zero-order valence-electron chi connectivity index (χ0n) is 30.0. The number of amides is 1. The van der Waals surface area contributed by atoms with Crippen LogP contribution in [0.4, 0.5) is 29.1 Å². The fourth-order valence-corrected chi connectivity index (χ4v) is 8.41. The Hall–Kier alpha value is -4.39. The summed E-state index contributed by atoms with van der Waals surface area (Å²) >= 11 is 6.82. The lowest BCUT2D eigenvalue weighted by molar-refractivity contribution is -0.140. The molecule has 1 aromatic carbocycles. The number of alkyl halides is 3. The van der Waals surface area contributed by atoms with Gasteiger partial charge in [0.1, 0.15) is 12.4 Å². The predicted molar refractivity (Wildman–Crippen MR) is 190 cm³/mol. The van der Waals surface area contributed by atoms with Crippen LogP contribution < -0.4 is 15.4 Å². The first-order valence-electron chi connectivity index (χ1n) is 17.5. The van der Waals surface area contributed by atoms with E-state index in [0.29, 0.717) is 35.7 Å². The van der Waals surface area contributed by atoms with Crippen LogP contribution in [0.3, 0.4) is 0 Å². The van der Waals surface area contributed by atoms with Crippen LogP contribution in [0.25, 0.3) is 0 Å². The highest BCUT2D eigenvalue weighted by molar-refractivity contribution is 6.34. The number of halogens is 5. The number of ether oxygens (including phenoxy) is 2. The second-order valence-electron chi connectivity index (χ2n) is 14.5. The normalized spacial score (nSPS) is 22.8. The van der Waals surface area contributed by atoms with E-state index in [4.69, 9.17) is 36.8 Å². The lowest BCUT2D eigenvalue weighted by Gasteiger charge is -2.35. The minimum Gasteiger partial charge on any atom is -0.461 e. The molecule has 53 heavy (non-hydrogen) atoms. The quantitative estimate of drug-likeness (QED) is 0.142. The Kier molecular flexibility index (Phi) is 9.61. The van der Waals surface area contributed by atoms with Gasteiger partial charge >= 0.3 is 12.2 Å². The highest BCUT2D eigenvalue weighted by Crippen LogP contribution is 2.46. The highest BCUT2D eigenvalue weighted by Gasteiger charge is 2.47. The fraction of sp³-hybridized carbons (Fsp3) is 0.514. The summed E-state index contributed by atoms with van der Waals surface area (Å²) in [6.07, 6.45) is -3.26. The topological polar surface area (TPSA) is 115 Å². The van der Waals surface area contributed by atoms with Gasteiger partial charge in [0.05, 0.1) is 52.5 Å². The van der Waals surface area contributed by atoms with E-state index in [0.717, 1.165) is 44.0 Å². The SMILES string of the molecule is C=C1CN2CCC[C@@]2(COc2nc3c(c(N4Cc5c(Cl)c(C(=O)N(C)C)nn5CC[C@@H]4C)n2)CO[C@@H](c2c(F)c(N)cc(C#CC)c2C(F)(F)F)C3)C1. The third-order valence-electron chi connectivity index (χ3n) is 10.7. The third-order valence-corrected chi connectivity index (χ3v) is 11.1. The lowest BCUT2D eigenvalue weighted by Crippen LogP contribution is -2.43. The van der Waals surface area contributed by atoms with Gasteiger partial charge in [-0.05, 0) is 52.1 Å². The van der Waals surface area contributed by atoms with Crippen molar-refractivity contribution in [2.75, 3.05) is 44.4 Å². The molecule has 2 N–H and O–H groups in total. The van der Waals surface area contributed by atoms with Crippen molar-refractivity contribution >= 4 is 29.0 Å². The van der Waals surface area contributed by atoms with E-state index in [1.165, 1.54) is 11.8 Å². The Morgan fingerprint density at radius 3 is 2.75 bits per heavy atom. The summed E-state index contributed by atoms with van der Waals surface area (Å²) in [7, 11) is 3.24. The summed E-state index contributed by atoms with van der Waals surface area (Å²) in [6, 6.07) is 0.809. The maximum Gasteiger partial charge on any atom is 0.418 e. The van der Waals surface area contributed by atoms with Crippen LogP contribution in [0, 0.1) is 17.7 Å². The number of carbonyl (C=O) groups is 1. The van der Waals surface area contributed by atoms with Crippen LogP contribution >= 0.6 is 11.6 Å². The number of aromatic nitrogens is 4. The summed E-state index contributed by atoms with van der Waals surface area (Å²) in [5, 5.41) is 4.77. The third kappa shape index (κ3) is 6.59. The van der Waals surface area contributed by atoms with E-state index in [1.54, 1.807) is 18.8 Å². The van der Waals surface area contributed by atoms with Gasteiger partial charge in [-0.25, -0.2) is 4.39 Å². The zero-order valence-corrected chi connectivity index (χ0v) is 30.8. The molecule has 0 bridgehead atoms. The lowest BCUT2D eigenvalue weighted by atomic mass is 9.90. The van der Waals surface area contributed by atoms with E-state index < -0.39 is 40.5 Å². The van der Waals surface area contributed by atoms with Crippen molar-refractivity contribution < 1.29 is 31.8 Å². The van der Waals surface area contributed by atoms with Gasteiger partial charge in [0.2, 0.25) is 0 Å². The van der Waals surface area contributed by atoms with Gasteiger partial charge in [0.25, 0.3) is 5.91 Å². The van der Waals surface area contributed by atoms with Crippen molar-refractivity contribution in [3.05, 3.63) is 68.4 Å². The Labute approximate surface area is 310 Å².